The molecule has 0 spiro atoms. The fraction of sp³-hybridized carbons (Fsp3) is 0.467. The highest BCUT2D eigenvalue weighted by Gasteiger charge is 2.30. The van der Waals surface area contributed by atoms with E-state index in [-0.39, 0.29) is 18.4 Å². The molecule has 0 fully saturated rings. The van der Waals surface area contributed by atoms with Gasteiger partial charge in [-0.25, -0.2) is 0 Å². The van der Waals surface area contributed by atoms with Gasteiger partial charge in [0, 0.05) is 13.1 Å². The van der Waals surface area contributed by atoms with E-state index in [9.17, 15) is 4.79 Å². The number of ether oxygens (including phenoxy) is 2. The average Bonchev–Trinajstić information content (AvgIpc) is 2.51. The van der Waals surface area contributed by atoms with Crippen LogP contribution in [-0.2, 0) is 4.79 Å². The molecule has 0 unspecified atom stereocenters. The fourth-order valence-corrected chi connectivity index (χ4v) is 2.09. The van der Waals surface area contributed by atoms with Crippen LogP contribution in [0.5, 0.6) is 11.5 Å². The maximum absolute atomic E-state index is 12.4. The van der Waals surface area contributed by atoms with Crippen LogP contribution in [0.4, 0.5) is 0 Å². The van der Waals surface area contributed by atoms with Crippen LogP contribution in [0.3, 0.4) is 0 Å². The van der Waals surface area contributed by atoms with Crippen LogP contribution in [0.25, 0.3) is 0 Å². The van der Waals surface area contributed by atoms with Crippen molar-refractivity contribution in [3.63, 3.8) is 0 Å². The van der Waals surface area contributed by atoms with Crippen molar-refractivity contribution >= 4 is 5.91 Å². The number of amides is 1. The van der Waals surface area contributed by atoms with E-state index < -0.39 is 6.10 Å². The zero-order valence-corrected chi connectivity index (χ0v) is 11.7. The molecule has 2 rings (SSSR count). The number of carbonyl (C=O) groups excluding carboxylic acids is 1. The third-order valence-electron chi connectivity index (χ3n) is 3.19. The van der Waals surface area contributed by atoms with Crippen molar-refractivity contribution in [3.05, 3.63) is 24.3 Å². The van der Waals surface area contributed by atoms with Gasteiger partial charge in [0.2, 0.25) is 6.10 Å². The number of fused-ring (bicyclic) bond motifs is 1. The summed E-state index contributed by atoms with van der Waals surface area (Å²) in [4.78, 5) is 14.0. The van der Waals surface area contributed by atoms with Crippen LogP contribution in [0.2, 0.25) is 0 Å². The summed E-state index contributed by atoms with van der Waals surface area (Å²) in [6.07, 6.45) is -0.643. The lowest BCUT2D eigenvalue weighted by Gasteiger charge is -2.30. The summed E-state index contributed by atoms with van der Waals surface area (Å²) in [5, 5.41) is 8.86. The number of nitrogens with zero attached hydrogens (tertiary/aromatic N) is 2. The molecule has 20 heavy (non-hydrogen) atoms. The fourth-order valence-electron chi connectivity index (χ4n) is 2.09. The Morgan fingerprint density at radius 2 is 2.20 bits per heavy atom. The lowest BCUT2D eigenvalue weighted by Crippen LogP contribution is -2.47. The van der Waals surface area contributed by atoms with Crippen LogP contribution >= 0.6 is 0 Å². The number of carbonyl (C=O) groups is 1. The van der Waals surface area contributed by atoms with Gasteiger partial charge < -0.3 is 14.4 Å². The molecule has 0 saturated heterocycles. The van der Waals surface area contributed by atoms with Crippen molar-refractivity contribution in [2.75, 3.05) is 19.7 Å². The molecule has 1 aliphatic rings. The van der Waals surface area contributed by atoms with Crippen LogP contribution < -0.4 is 9.47 Å². The molecule has 106 valence electrons. The monoisotopic (exact) mass is 274 g/mol. The number of para-hydroxylation sites is 2. The summed E-state index contributed by atoms with van der Waals surface area (Å²) in [6.45, 7) is 4.84. The van der Waals surface area contributed by atoms with Gasteiger partial charge in [-0.3, -0.25) is 4.79 Å². The second-order valence-corrected chi connectivity index (χ2v) is 4.77. The molecule has 1 aromatic carbocycles. The predicted octanol–water partition coefficient (Wildman–Crippen LogP) is 1.83. The SMILES string of the molecule is CCN(C[C@H](C)C#N)C(=O)[C@@H]1COc2ccccc2O1. The number of rotatable bonds is 4. The van der Waals surface area contributed by atoms with Gasteiger partial charge in [0.05, 0.1) is 12.0 Å². The molecule has 0 saturated carbocycles. The van der Waals surface area contributed by atoms with Crippen molar-refractivity contribution in [1.82, 2.24) is 4.90 Å². The topological polar surface area (TPSA) is 62.6 Å². The van der Waals surface area contributed by atoms with Crippen molar-refractivity contribution in [2.24, 2.45) is 5.92 Å². The van der Waals surface area contributed by atoms with Gasteiger partial charge in [-0.1, -0.05) is 12.1 Å². The normalized spacial score (nSPS) is 17.9. The third-order valence-corrected chi connectivity index (χ3v) is 3.19. The molecule has 1 amide bonds. The van der Waals surface area contributed by atoms with E-state index in [0.29, 0.717) is 24.6 Å². The van der Waals surface area contributed by atoms with Crippen molar-refractivity contribution in [2.45, 2.75) is 20.0 Å². The zero-order valence-electron chi connectivity index (χ0n) is 11.7. The quantitative estimate of drug-likeness (QED) is 0.840. The molecular formula is C15H18N2O3. The van der Waals surface area contributed by atoms with Crippen LogP contribution in [0, 0.1) is 17.2 Å². The summed E-state index contributed by atoms with van der Waals surface area (Å²) in [6, 6.07) is 9.42. The smallest absolute Gasteiger partial charge is 0.267 e. The van der Waals surface area contributed by atoms with Gasteiger partial charge >= 0.3 is 0 Å². The second kappa shape index (κ2) is 6.29. The zero-order chi connectivity index (χ0) is 14.5. The van der Waals surface area contributed by atoms with E-state index in [1.54, 1.807) is 17.9 Å². The van der Waals surface area contributed by atoms with Gasteiger partial charge in [-0.05, 0) is 26.0 Å². The summed E-state index contributed by atoms with van der Waals surface area (Å²) < 4.78 is 11.2. The Bertz CT molecular complexity index is 524. The van der Waals surface area contributed by atoms with E-state index >= 15 is 0 Å². The minimum atomic E-state index is -0.643. The number of benzene rings is 1. The Labute approximate surface area is 118 Å². The summed E-state index contributed by atoms with van der Waals surface area (Å²) in [5.41, 5.74) is 0. The standard InChI is InChI=1S/C15H18N2O3/c1-3-17(9-11(2)8-16)15(18)14-10-19-12-6-4-5-7-13(12)20-14/h4-7,11,14H,3,9-10H2,1-2H3/t11-,14+/m1/s1. The Morgan fingerprint density at radius 3 is 2.85 bits per heavy atom. The Hall–Kier alpha value is -2.22. The highest BCUT2D eigenvalue weighted by Crippen LogP contribution is 2.31. The molecule has 5 nitrogen and oxygen atoms in total. The minimum Gasteiger partial charge on any atom is -0.485 e. The maximum Gasteiger partial charge on any atom is 0.267 e. The van der Waals surface area contributed by atoms with Gasteiger partial charge in [0.15, 0.2) is 11.5 Å². The molecule has 0 bridgehead atoms. The van der Waals surface area contributed by atoms with E-state index in [0.717, 1.165) is 0 Å². The van der Waals surface area contributed by atoms with E-state index in [2.05, 4.69) is 6.07 Å². The predicted molar refractivity (Wildman–Crippen MR) is 73.4 cm³/mol. The summed E-state index contributed by atoms with van der Waals surface area (Å²) >= 11 is 0. The summed E-state index contributed by atoms with van der Waals surface area (Å²) in [5.74, 6) is 0.909. The highest BCUT2D eigenvalue weighted by molar-refractivity contribution is 5.82. The molecule has 0 aromatic heterocycles. The molecule has 1 aromatic rings. The lowest BCUT2D eigenvalue weighted by molar-refractivity contribution is -0.141. The average molecular weight is 274 g/mol. The molecule has 0 aliphatic carbocycles. The highest BCUT2D eigenvalue weighted by atomic mass is 16.6. The second-order valence-electron chi connectivity index (χ2n) is 4.77. The van der Waals surface area contributed by atoms with Crippen molar-refractivity contribution in [3.8, 4) is 17.6 Å². The van der Waals surface area contributed by atoms with Crippen molar-refractivity contribution in [1.29, 1.82) is 5.26 Å². The molecule has 0 N–H and O–H groups in total. The van der Waals surface area contributed by atoms with Gasteiger partial charge in [0.1, 0.15) is 6.61 Å². The van der Waals surface area contributed by atoms with Crippen LogP contribution in [0.15, 0.2) is 24.3 Å². The first-order chi connectivity index (χ1) is 9.65. The van der Waals surface area contributed by atoms with E-state index in [1.807, 2.05) is 25.1 Å². The Morgan fingerprint density at radius 1 is 1.50 bits per heavy atom. The Kier molecular flexibility index (Phi) is 4.46. The Balaban J connectivity index is 2.05. The van der Waals surface area contributed by atoms with Gasteiger partial charge in [0.25, 0.3) is 5.91 Å². The van der Waals surface area contributed by atoms with Gasteiger partial charge in [-0.2, -0.15) is 5.26 Å². The first-order valence-corrected chi connectivity index (χ1v) is 6.72. The number of hydrogen-bond acceptors (Lipinski definition) is 4. The van der Waals surface area contributed by atoms with Crippen LogP contribution in [-0.4, -0.2) is 36.6 Å². The lowest BCUT2D eigenvalue weighted by atomic mass is 10.1. The number of nitriles is 1. The molecular weight excluding hydrogens is 256 g/mol. The number of likely N-dealkylation sites (N-methyl/N-ethyl adjacent to an activating group) is 1. The molecule has 0 radical (unpaired) electrons. The van der Waals surface area contributed by atoms with E-state index in [4.69, 9.17) is 14.7 Å². The van der Waals surface area contributed by atoms with Gasteiger partial charge in [-0.15, -0.1) is 0 Å². The molecule has 1 heterocycles. The molecule has 5 heteroatoms. The number of hydrogen-bond donors (Lipinski definition) is 0. The summed E-state index contributed by atoms with van der Waals surface area (Å²) in [7, 11) is 0. The van der Waals surface area contributed by atoms with Crippen LogP contribution in [0.1, 0.15) is 13.8 Å². The van der Waals surface area contributed by atoms with Crippen molar-refractivity contribution < 1.29 is 14.3 Å². The first kappa shape index (κ1) is 14.2. The molecule has 1 aliphatic heterocycles. The minimum absolute atomic E-state index is 0.135. The largest absolute Gasteiger partial charge is 0.485 e. The maximum atomic E-state index is 12.4. The first-order valence-electron chi connectivity index (χ1n) is 6.72. The van der Waals surface area contributed by atoms with E-state index in [1.165, 1.54) is 0 Å². The molecule has 2 atom stereocenters. The third kappa shape index (κ3) is 3.02.